The van der Waals surface area contributed by atoms with E-state index >= 15 is 0 Å². The molecule has 0 aromatic heterocycles. The third kappa shape index (κ3) is 7.90. The Kier molecular flexibility index (Phi) is 12.4. The van der Waals surface area contributed by atoms with Crippen LogP contribution in [0.25, 0.3) is 0 Å². The fourth-order valence-electron chi connectivity index (χ4n) is 8.38. The number of rotatable bonds is 7. The molecule has 276 valence electrons. The van der Waals surface area contributed by atoms with Crippen molar-refractivity contribution in [1.82, 2.24) is 4.90 Å². The standard InChI is InChI=1S/C37H63NO10/c1-14-28-20(2)15-21(3)37(41)22(4)18-36(10,48-37)33(47-29-17-27(38(11)12)16-23(5)43-29)24(6)31(25(7)34(40)45-28)46-30-19-35(9,42-13)32(39)26(8)44-30/h15,22-27,29-33,39,41H,14,16-19H2,1-13H3/b21-15+,28-20-/t22-,23-,24+,25-,26+,27+,29+,30+,31+,32+,33-,35-,36?,37?/m1/s1. The lowest BCUT2D eigenvalue weighted by molar-refractivity contribution is -0.315. The molecule has 4 aliphatic heterocycles. The van der Waals surface area contributed by atoms with E-state index in [4.69, 9.17) is 33.2 Å². The number of ether oxygens (including phenoxy) is 7. The summed E-state index contributed by atoms with van der Waals surface area (Å²) < 4.78 is 45.0. The molecule has 0 aromatic rings. The molecule has 14 atom stereocenters. The van der Waals surface area contributed by atoms with Gasteiger partial charge in [-0.3, -0.25) is 4.79 Å². The minimum Gasteiger partial charge on any atom is -0.431 e. The second-order valence-corrected chi connectivity index (χ2v) is 15.6. The van der Waals surface area contributed by atoms with Gasteiger partial charge in [-0.05, 0) is 86.5 Å². The predicted molar refractivity (Wildman–Crippen MR) is 181 cm³/mol. The van der Waals surface area contributed by atoms with E-state index in [0.717, 1.165) is 12.0 Å². The van der Waals surface area contributed by atoms with Crippen LogP contribution in [0.15, 0.2) is 23.0 Å². The van der Waals surface area contributed by atoms with E-state index < -0.39 is 71.8 Å². The molecular weight excluding hydrogens is 618 g/mol. The predicted octanol–water partition coefficient (Wildman–Crippen LogP) is 5.08. The summed E-state index contributed by atoms with van der Waals surface area (Å²) in [6.45, 7) is 19.1. The van der Waals surface area contributed by atoms with Gasteiger partial charge in [0.15, 0.2) is 18.4 Å². The van der Waals surface area contributed by atoms with E-state index in [-0.39, 0.29) is 24.5 Å². The third-order valence-electron chi connectivity index (χ3n) is 11.5. The molecule has 2 N–H and O–H groups in total. The van der Waals surface area contributed by atoms with Gasteiger partial charge in [-0.2, -0.15) is 0 Å². The molecule has 4 aliphatic rings. The summed E-state index contributed by atoms with van der Waals surface area (Å²) >= 11 is 0. The molecule has 4 heterocycles. The zero-order valence-electron chi connectivity index (χ0n) is 31.6. The quantitative estimate of drug-likeness (QED) is 0.350. The smallest absolute Gasteiger partial charge is 0.316 e. The van der Waals surface area contributed by atoms with Gasteiger partial charge in [-0.15, -0.1) is 0 Å². The summed E-state index contributed by atoms with van der Waals surface area (Å²) in [5, 5.41) is 23.1. The minimum atomic E-state index is -1.58. The molecule has 2 bridgehead atoms. The van der Waals surface area contributed by atoms with Crippen molar-refractivity contribution >= 4 is 5.97 Å². The first-order valence-electron chi connectivity index (χ1n) is 17.8. The molecule has 0 radical (unpaired) electrons. The van der Waals surface area contributed by atoms with E-state index in [1.807, 2.05) is 54.5 Å². The number of aliphatic hydroxyl groups is 2. The van der Waals surface area contributed by atoms with Crippen molar-refractivity contribution in [3.63, 3.8) is 0 Å². The Morgan fingerprint density at radius 2 is 1.67 bits per heavy atom. The van der Waals surface area contributed by atoms with Crippen LogP contribution in [0.4, 0.5) is 0 Å². The van der Waals surface area contributed by atoms with Gasteiger partial charge in [0.1, 0.15) is 11.9 Å². The van der Waals surface area contributed by atoms with Crippen LogP contribution < -0.4 is 0 Å². The monoisotopic (exact) mass is 681 g/mol. The highest BCUT2D eigenvalue weighted by molar-refractivity contribution is 5.74. The van der Waals surface area contributed by atoms with Crippen LogP contribution in [0.2, 0.25) is 0 Å². The molecule has 48 heavy (non-hydrogen) atoms. The SMILES string of the molecule is CC/C1=C(C)/C=C(\C)C2(O)OC(C)(C[C@H]2C)[C@H](O[C@H]2C[C@@H](N(C)C)C[C@@H](C)O2)[C@@H](C)[C@H](O[C@H]2C[C@@](C)(OC)[C@@H](O)[C@H](C)O2)[C@@H](C)C(=O)O1. The van der Waals surface area contributed by atoms with Gasteiger partial charge in [0.05, 0.1) is 41.5 Å². The number of hydrogen-bond donors (Lipinski definition) is 2. The average Bonchev–Trinajstić information content (AvgIpc) is 3.27. The number of allylic oxidation sites excluding steroid dienone is 3. The Labute approximate surface area is 288 Å². The van der Waals surface area contributed by atoms with Crippen molar-refractivity contribution in [2.75, 3.05) is 21.2 Å². The Hall–Kier alpha value is -1.41. The van der Waals surface area contributed by atoms with Crippen molar-refractivity contribution < 1.29 is 48.2 Å². The fourth-order valence-corrected chi connectivity index (χ4v) is 8.38. The fraction of sp³-hybridized carbons (Fsp3) is 0.865. The van der Waals surface area contributed by atoms with Gasteiger partial charge in [0.2, 0.25) is 0 Å². The van der Waals surface area contributed by atoms with Crippen molar-refractivity contribution in [1.29, 1.82) is 0 Å². The number of aliphatic hydroxyl groups excluding tert-OH is 1. The number of methoxy groups -OCH3 is 1. The topological polar surface area (TPSA) is 125 Å². The Morgan fingerprint density at radius 3 is 2.27 bits per heavy atom. The highest BCUT2D eigenvalue weighted by Crippen LogP contribution is 2.50. The number of carbonyl (C=O) groups is 1. The van der Waals surface area contributed by atoms with Crippen LogP contribution in [0, 0.1) is 17.8 Å². The Bertz CT molecular complexity index is 1210. The van der Waals surface area contributed by atoms with Crippen LogP contribution in [0.1, 0.15) is 101 Å². The summed E-state index contributed by atoms with van der Waals surface area (Å²) in [4.78, 5) is 16.2. The number of hydrogen-bond acceptors (Lipinski definition) is 11. The minimum absolute atomic E-state index is 0.0303. The number of fused-ring (bicyclic) bond motifs is 2. The maximum atomic E-state index is 14.0. The van der Waals surface area contributed by atoms with E-state index in [0.29, 0.717) is 30.6 Å². The number of nitrogens with zero attached hydrogens (tertiary/aromatic N) is 1. The first-order valence-corrected chi connectivity index (χ1v) is 17.8. The maximum Gasteiger partial charge on any atom is 0.316 e. The third-order valence-corrected chi connectivity index (χ3v) is 11.5. The lowest BCUT2D eigenvalue weighted by Gasteiger charge is -2.48. The van der Waals surface area contributed by atoms with Gasteiger partial charge in [0.25, 0.3) is 0 Å². The van der Waals surface area contributed by atoms with Gasteiger partial charge in [-0.25, -0.2) is 0 Å². The second kappa shape index (κ2) is 15.1. The highest BCUT2D eigenvalue weighted by atomic mass is 16.7. The summed E-state index contributed by atoms with van der Waals surface area (Å²) in [7, 11) is 5.69. The molecule has 11 heteroatoms. The molecule has 3 fully saturated rings. The summed E-state index contributed by atoms with van der Waals surface area (Å²) in [6.07, 6.45) is 0.307. The van der Waals surface area contributed by atoms with Gasteiger partial charge in [-0.1, -0.05) is 26.8 Å². The highest BCUT2D eigenvalue weighted by Gasteiger charge is 2.59. The van der Waals surface area contributed by atoms with Crippen LogP contribution in [0.3, 0.4) is 0 Å². The molecule has 3 saturated heterocycles. The first kappa shape index (κ1) is 39.4. The van der Waals surface area contributed by atoms with Crippen LogP contribution in [-0.4, -0.2) is 108 Å². The van der Waals surface area contributed by atoms with Crippen molar-refractivity contribution in [3.05, 3.63) is 23.0 Å². The second-order valence-electron chi connectivity index (χ2n) is 15.6. The zero-order valence-corrected chi connectivity index (χ0v) is 31.6. The molecule has 0 amide bonds. The molecule has 2 unspecified atom stereocenters. The maximum absolute atomic E-state index is 14.0. The summed E-state index contributed by atoms with van der Waals surface area (Å²) in [5.41, 5.74) is -0.559. The molecule has 0 spiro atoms. The largest absolute Gasteiger partial charge is 0.431 e. The van der Waals surface area contributed by atoms with Crippen LogP contribution in [-0.2, 0) is 38.0 Å². The lowest BCUT2D eigenvalue weighted by Crippen LogP contribution is -2.58. The Balaban J connectivity index is 1.83. The summed E-state index contributed by atoms with van der Waals surface area (Å²) in [5.74, 6) is -3.02. The average molecular weight is 682 g/mol. The number of carbonyl (C=O) groups excluding carboxylic acids is 1. The van der Waals surface area contributed by atoms with Gasteiger partial charge in [0, 0.05) is 44.2 Å². The first-order chi connectivity index (χ1) is 22.3. The molecule has 0 aromatic carbocycles. The van der Waals surface area contributed by atoms with E-state index in [1.54, 1.807) is 21.0 Å². The van der Waals surface area contributed by atoms with Gasteiger partial charge >= 0.3 is 5.97 Å². The molecule has 11 nitrogen and oxygen atoms in total. The van der Waals surface area contributed by atoms with E-state index in [9.17, 15) is 15.0 Å². The van der Waals surface area contributed by atoms with E-state index in [1.165, 1.54) is 0 Å². The van der Waals surface area contributed by atoms with Gasteiger partial charge < -0.3 is 48.3 Å². The van der Waals surface area contributed by atoms with Crippen molar-refractivity contribution in [2.24, 2.45) is 17.8 Å². The lowest BCUT2D eigenvalue weighted by atomic mass is 9.78. The molecule has 4 rings (SSSR count). The van der Waals surface area contributed by atoms with Crippen molar-refractivity contribution in [3.8, 4) is 0 Å². The van der Waals surface area contributed by atoms with Crippen LogP contribution >= 0.6 is 0 Å². The number of cyclic esters (lactones) is 1. The van der Waals surface area contributed by atoms with E-state index in [2.05, 4.69) is 25.9 Å². The molecular formula is C37H63NO10. The van der Waals surface area contributed by atoms with Crippen LogP contribution in [0.5, 0.6) is 0 Å². The summed E-state index contributed by atoms with van der Waals surface area (Å²) in [6, 6.07) is 0.250. The zero-order chi connectivity index (χ0) is 35.9. The number of esters is 1. The molecule has 0 saturated carbocycles. The normalized spacial score (nSPS) is 49.0. The van der Waals surface area contributed by atoms with Crippen molar-refractivity contribution in [2.45, 2.75) is 167 Å². The molecule has 0 aliphatic carbocycles. The Morgan fingerprint density at radius 1 is 1.00 bits per heavy atom.